The molecule has 1 amide bonds. The lowest BCUT2D eigenvalue weighted by Crippen LogP contribution is -2.24. The molecule has 0 aliphatic heterocycles. The molecule has 134 valence electrons. The number of halogens is 3. The molecule has 0 saturated carbocycles. The summed E-state index contributed by atoms with van der Waals surface area (Å²) >= 11 is 9.96. The summed E-state index contributed by atoms with van der Waals surface area (Å²) in [6.45, 7) is -0.301. The topological polar surface area (TPSA) is 118 Å². The average molecular weight is 561 g/mol. The number of hydrogen-bond donors (Lipinski definition) is 2. The first kappa shape index (κ1) is 20.1. The van der Waals surface area contributed by atoms with Crippen LogP contribution >= 0.6 is 47.8 Å². The van der Waals surface area contributed by atoms with Crippen molar-refractivity contribution in [2.75, 3.05) is 6.61 Å². The zero-order chi connectivity index (χ0) is 18.6. The normalized spacial score (nSPS) is 11.7. The van der Waals surface area contributed by atoms with Gasteiger partial charge in [0.1, 0.15) is 11.5 Å². The van der Waals surface area contributed by atoms with Gasteiger partial charge in [0, 0.05) is 4.47 Å². The van der Waals surface area contributed by atoms with Gasteiger partial charge in [-0.05, 0) is 56.1 Å². The summed E-state index contributed by atoms with van der Waals surface area (Å²) in [5.74, 6) is -0.0575. The van der Waals surface area contributed by atoms with Crippen molar-refractivity contribution < 1.29 is 26.9 Å². The quantitative estimate of drug-likeness (QED) is 0.318. The summed E-state index contributed by atoms with van der Waals surface area (Å²) in [6, 6.07) is 5.86. The Labute approximate surface area is 167 Å². The third kappa shape index (κ3) is 5.92. The van der Waals surface area contributed by atoms with Crippen LogP contribution in [0.1, 0.15) is 5.76 Å². The molecule has 0 atom stereocenters. The fourth-order valence-corrected chi connectivity index (χ4v) is 4.48. The van der Waals surface area contributed by atoms with Crippen LogP contribution in [0.4, 0.5) is 0 Å². The van der Waals surface area contributed by atoms with E-state index in [0.717, 1.165) is 16.8 Å². The van der Waals surface area contributed by atoms with Crippen molar-refractivity contribution in [3.63, 3.8) is 0 Å². The number of rotatable bonds is 6. The van der Waals surface area contributed by atoms with Gasteiger partial charge in [0.15, 0.2) is 6.61 Å². The third-order valence-corrected chi connectivity index (χ3v) is 4.91. The number of ether oxygens (including phenoxy) is 1. The predicted molar refractivity (Wildman–Crippen MR) is 99.3 cm³/mol. The van der Waals surface area contributed by atoms with Crippen molar-refractivity contribution in [2.45, 2.75) is 5.09 Å². The second-order valence-electron chi connectivity index (χ2n) is 4.41. The lowest BCUT2D eigenvalue weighted by molar-refractivity contribution is -0.123. The molecule has 0 radical (unpaired) electrons. The van der Waals surface area contributed by atoms with Crippen molar-refractivity contribution in [3.05, 3.63) is 43.4 Å². The second kappa shape index (κ2) is 8.45. The van der Waals surface area contributed by atoms with Crippen LogP contribution < -0.4 is 10.2 Å². The molecule has 2 rings (SSSR count). The van der Waals surface area contributed by atoms with Gasteiger partial charge in [-0.1, -0.05) is 15.9 Å². The van der Waals surface area contributed by atoms with Crippen LogP contribution in [0.2, 0.25) is 0 Å². The van der Waals surface area contributed by atoms with Crippen molar-refractivity contribution in [1.82, 2.24) is 5.43 Å². The van der Waals surface area contributed by atoms with E-state index in [0.29, 0.717) is 14.7 Å². The lowest BCUT2D eigenvalue weighted by atomic mass is 10.3. The molecule has 2 N–H and O–H groups in total. The van der Waals surface area contributed by atoms with E-state index in [1.165, 1.54) is 6.07 Å². The minimum atomic E-state index is -4.42. The van der Waals surface area contributed by atoms with Crippen LogP contribution in [0.15, 0.2) is 52.3 Å². The number of carbonyl (C=O) groups excluding carboxylic acids is 1. The van der Waals surface area contributed by atoms with E-state index in [9.17, 15) is 13.2 Å². The van der Waals surface area contributed by atoms with Gasteiger partial charge in [-0.3, -0.25) is 9.35 Å². The molecule has 1 aromatic carbocycles. The van der Waals surface area contributed by atoms with E-state index < -0.39 is 21.1 Å². The Kier molecular flexibility index (Phi) is 6.79. The Morgan fingerprint density at radius 2 is 1.92 bits per heavy atom. The monoisotopic (exact) mass is 558 g/mol. The molecule has 0 spiro atoms. The molecule has 25 heavy (non-hydrogen) atoms. The molecule has 12 heteroatoms. The molecular weight excluding hydrogens is 552 g/mol. The number of furan rings is 1. The first-order chi connectivity index (χ1) is 11.7. The molecule has 2 aromatic rings. The highest BCUT2D eigenvalue weighted by molar-refractivity contribution is 9.11. The van der Waals surface area contributed by atoms with E-state index in [2.05, 4.69) is 58.3 Å². The Hall–Kier alpha value is -1.21. The minimum absolute atomic E-state index is 0.0345. The largest absolute Gasteiger partial charge is 0.481 e. The minimum Gasteiger partial charge on any atom is -0.481 e. The molecule has 0 bridgehead atoms. The lowest BCUT2D eigenvalue weighted by Gasteiger charge is -2.09. The van der Waals surface area contributed by atoms with Gasteiger partial charge in [-0.2, -0.15) is 13.5 Å². The number of nitrogens with one attached hydrogen (secondary N) is 1. The van der Waals surface area contributed by atoms with Crippen LogP contribution in [0.25, 0.3) is 0 Å². The molecule has 0 aliphatic carbocycles. The van der Waals surface area contributed by atoms with Gasteiger partial charge in [-0.25, -0.2) is 5.43 Å². The summed E-state index contributed by atoms with van der Waals surface area (Å²) in [7, 11) is -4.42. The maximum atomic E-state index is 11.7. The maximum Gasteiger partial charge on any atom is 0.328 e. The predicted octanol–water partition coefficient (Wildman–Crippen LogP) is 3.34. The molecule has 8 nitrogen and oxygen atoms in total. The Balaban J connectivity index is 1.90. The van der Waals surface area contributed by atoms with E-state index >= 15 is 0 Å². The zero-order valence-electron chi connectivity index (χ0n) is 12.1. The van der Waals surface area contributed by atoms with Crippen LogP contribution in [0.3, 0.4) is 0 Å². The second-order valence-corrected chi connectivity index (χ2v) is 8.39. The Bertz CT molecular complexity index is 903. The number of nitrogens with zero attached hydrogens (tertiary/aromatic N) is 1. The smallest absolute Gasteiger partial charge is 0.328 e. The van der Waals surface area contributed by atoms with Crippen molar-refractivity contribution in [3.8, 4) is 5.75 Å². The first-order valence-corrected chi connectivity index (χ1v) is 10.2. The number of benzene rings is 1. The van der Waals surface area contributed by atoms with Crippen molar-refractivity contribution in [2.24, 2.45) is 5.10 Å². The van der Waals surface area contributed by atoms with E-state index in [1.54, 1.807) is 12.1 Å². The summed E-state index contributed by atoms with van der Waals surface area (Å²) in [6.07, 6.45) is 1.08. The first-order valence-electron chi connectivity index (χ1n) is 6.33. The molecule has 0 unspecified atom stereocenters. The zero-order valence-corrected chi connectivity index (χ0v) is 17.6. The highest BCUT2D eigenvalue weighted by Gasteiger charge is 2.14. The van der Waals surface area contributed by atoms with Gasteiger partial charge in [0.2, 0.25) is 5.09 Å². The fraction of sp³-hybridized carbons (Fsp3) is 0.0769. The molecule has 0 fully saturated rings. The Morgan fingerprint density at radius 1 is 1.28 bits per heavy atom. The molecule has 1 aromatic heterocycles. The van der Waals surface area contributed by atoms with Crippen LogP contribution in [-0.2, 0) is 14.9 Å². The molecular formula is C13H9Br3N2O6S. The fourth-order valence-electron chi connectivity index (χ4n) is 1.55. The van der Waals surface area contributed by atoms with Gasteiger partial charge >= 0.3 is 10.1 Å². The summed E-state index contributed by atoms with van der Waals surface area (Å²) < 4.78 is 42.8. The van der Waals surface area contributed by atoms with E-state index in [-0.39, 0.29) is 12.4 Å². The third-order valence-electron chi connectivity index (χ3n) is 2.55. The number of amides is 1. The highest BCUT2D eigenvalue weighted by Crippen LogP contribution is 2.36. The average Bonchev–Trinajstić information content (AvgIpc) is 2.95. The van der Waals surface area contributed by atoms with Crippen molar-refractivity contribution >= 4 is 70.0 Å². The summed E-state index contributed by atoms with van der Waals surface area (Å²) in [5, 5.41) is 2.99. The van der Waals surface area contributed by atoms with Crippen LogP contribution in [0, 0.1) is 0 Å². The number of hydrazone groups is 1. The highest BCUT2D eigenvalue weighted by atomic mass is 79.9. The van der Waals surface area contributed by atoms with Crippen LogP contribution in [-0.4, -0.2) is 31.7 Å². The maximum absolute atomic E-state index is 11.7. The Morgan fingerprint density at radius 3 is 2.48 bits per heavy atom. The molecule has 1 heterocycles. The van der Waals surface area contributed by atoms with Crippen LogP contribution in [0.5, 0.6) is 5.75 Å². The van der Waals surface area contributed by atoms with Gasteiger partial charge < -0.3 is 9.15 Å². The molecule has 0 saturated heterocycles. The van der Waals surface area contributed by atoms with Gasteiger partial charge in [-0.15, -0.1) is 0 Å². The van der Waals surface area contributed by atoms with Crippen molar-refractivity contribution in [1.29, 1.82) is 0 Å². The number of carbonyl (C=O) groups is 1. The number of hydrogen-bond acceptors (Lipinski definition) is 6. The summed E-state index contributed by atoms with van der Waals surface area (Å²) in [4.78, 5) is 11.7. The molecule has 0 aliphatic rings. The van der Waals surface area contributed by atoms with Gasteiger partial charge in [0.05, 0.1) is 15.2 Å². The van der Waals surface area contributed by atoms with E-state index in [1.807, 2.05) is 0 Å². The van der Waals surface area contributed by atoms with E-state index in [4.69, 9.17) is 13.7 Å². The standard InChI is InChI=1S/C13H9Br3N2O6S/c14-7-3-9(15)13(10(16)4-7)23-6-11(19)18-17-5-8-1-2-12(24-8)25(20,21)22/h1-5H,6H2,(H,18,19)(H,20,21,22)/b17-5+. The summed E-state index contributed by atoms with van der Waals surface area (Å²) in [5.41, 5.74) is 2.19. The SMILES string of the molecule is O=C(COc1c(Br)cc(Br)cc1Br)N/N=C/c1ccc(S(=O)(=O)O)o1. The van der Waals surface area contributed by atoms with Gasteiger partial charge in [0.25, 0.3) is 5.91 Å².